The highest BCUT2D eigenvalue weighted by Gasteiger charge is 2.17. The zero-order valence-electron chi connectivity index (χ0n) is 11.3. The molecule has 0 aliphatic rings. The van der Waals surface area contributed by atoms with Crippen molar-refractivity contribution in [1.29, 1.82) is 0 Å². The smallest absolute Gasteiger partial charge is 0.273 e. The Morgan fingerprint density at radius 2 is 1.80 bits per heavy atom. The topological polar surface area (TPSA) is 61.6 Å². The Bertz CT molecular complexity index is 603. The molecule has 0 unspecified atom stereocenters. The normalized spacial score (nSPS) is 10.1. The van der Waals surface area contributed by atoms with Gasteiger partial charge in [0.25, 0.3) is 5.69 Å². The Labute approximate surface area is 116 Å². The van der Waals surface area contributed by atoms with E-state index in [4.69, 9.17) is 9.47 Å². The summed E-state index contributed by atoms with van der Waals surface area (Å²) in [7, 11) is 3.11. The molecule has 0 aromatic heterocycles. The van der Waals surface area contributed by atoms with Crippen LogP contribution in [-0.2, 0) is 6.42 Å². The number of nitro groups is 1. The lowest BCUT2D eigenvalue weighted by molar-refractivity contribution is -0.385. The third-order valence-electron chi connectivity index (χ3n) is 3.00. The van der Waals surface area contributed by atoms with Crippen molar-refractivity contribution in [3.8, 4) is 11.5 Å². The average molecular weight is 272 g/mol. The van der Waals surface area contributed by atoms with E-state index in [9.17, 15) is 10.1 Å². The summed E-state index contributed by atoms with van der Waals surface area (Å²) >= 11 is 0. The third kappa shape index (κ3) is 2.71. The van der Waals surface area contributed by atoms with Crippen molar-refractivity contribution in [2.75, 3.05) is 14.2 Å². The van der Waals surface area contributed by atoms with E-state index in [0.717, 1.165) is 5.56 Å². The van der Waals surface area contributed by atoms with E-state index < -0.39 is 4.92 Å². The van der Waals surface area contributed by atoms with E-state index in [2.05, 4.69) is 6.07 Å². The summed E-state index contributed by atoms with van der Waals surface area (Å²) in [5, 5.41) is 11.0. The fraction of sp³-hybridized carbons (Fsp3) is 0.200. The van der Waals surface area contributed by atoms with Crippen LogP contribution in [0, 0.1) is 16.2 Å². The van der Waals surface area contributed by atoms with Gasteiger partial charge in [-0.1, -0.05) is 18.2 Å². The maximum Gasteiger partial charge on any atom is 0.273 e. The molecule has 0 fully saturated rings. The van der Waals surface area contributed by atoms with Crippen molar-refractivity contribution in [2.45, 2.75) is 6.42 Å². The van der Waals surface area contributed by atoms with Crippen LogP contribution >= 0.6 is 0 Å². The van der Waals surface area contributed by atoms with Gasteiger partial charge >= 0.3 is 0 Å². The number of hydrogen-bond donors (Lipinski definition) is 0. The molecule has 0 saturated carbocycles. The molecule has 1 radical (unpaired) electrons. The zero-order chi connectivity index (χ0) is 14.5. The van der Waals surface area contributed by atoms with Gasteiger partial charge in [0.1, 0.15) is 11.5 Å². The monoisotopic (exact) mass is 272 g/mol. The van der Waals surface area contributed by atoms with Crippen molar-refractivity contribution < 1.29 is 14.4 Å². The van der Waals surface area contributed by atoms with Gasteiger partial charge in [0, 0.05) is 23.6 Å². The van der Waals surface area contributed by atoms with Crippen LogP contribution in [0.15, 0.2) is 36.4 Å². The van der Waals surface area contributed by atoms with Gasteiger partial charge in [-0.05, 0) is 18.2 Å². The Morgan fingerprint density at radius 1 is 1.15 bits per heavy atom. The quantitative estimate of drug-likeness (QED) is 0.620. The molecule has 5 heteroatoms. The van der Waals surface area contributed by atoms with Crippen molar-refractivity contribution in [3.63, 3.8) is 0 Å². The Hall–Kier alpha value is -2.56. The number of methoxy groups -OCH3 is 2. The second-order valence-electron chi connectivity index (χ2n) is 4.11. The van der Waals surface area contributed by atoms with E-state index >= 15 is 0 Å². The van der Waals surface area contributed by atoms with Crippen LogP contribution in [0.25, 0.3) is 0 Å². The standard InChI is InChI=1S/C15H14NO4/c1-19-14-8-5-9-15(20-2)12(14)10-11-6-3-4-7-13(11)16(17)18/h3-5,7-9H,10H2,1-2H3. The lowest BCUT2D eigenvalue weighted by Gasteiger charge is -2.12. The number of hydrogen-bond acceptors (Lipinski definition) is 4. The fourth-order valence-electron chi connectivity index (χ4n) is 2.05. The summed E-state index contributed by atoms with van der Waals surface area (Å²) < 4.78 is 10.6. The molecule has 2 aromatic rings. The second kappa shape index (κ2) is 6.06. The fourth-order valence-corrected chi connectivity index (χ4v) is 2.05. The molecule has 0 atom stereocenters. The lowest BCUT2D eigenvalue weighted by atomic mass is 10.0. The molecule has 0 aliphatic heterocycles. The van der Waals surface area contributed by atoms with Crippen LogP contribution in [0.3, 0.4) is 0 Å². The predicted molar refractivity (Wildman–Crippen MR) is 74.3 cm³/mol. The maximum atomic E-state index is 11.0. The predicted octanol–water partition coefficient (Wildman–Crippen LogP) is 3.00. The van der Waals surface area contributed by atoms with E-state index in [0.29, 0.717) is 23.5 Å². The first kappa shape index (κ1) is 13.9. The molecule has 0 amide bonds. The van der Waals surface area contributed by atoms with E-state index in [1.165, 1.54) is 6.07 Å². The number of rotatable bonds is 5. The van der Waals surface area contributed by atoms with E-state index in [-0.39, 0.29) is 5.69 Å². The Balaban J connectivity index is 2.47. The summed E-state index contributed by atoms with van der Waals surface area (Å²) in [4.78, 5) is 10.6. The summed E-state index contributed by atoms with van der Waals surface area (Å²) in [6, 6.07) is 13.0. The first-order valence-electron chi connectivity index (χ1n) is 6.01. The third-order valence-corrected chi connectivity index (χ3v) is 3.00. The van der Waals surface area contributed by atoms with Crippen LogP contribution in [0.2, 0.25) is 0 Å². The molecule has 20 heavy (non-hydrogen) atoms. The van der Waals surface area contributed by atoms with Crippen LogP contribution in [0.4, 0.5) is 5.69 Å². The van der Waals surface area contributed by atoms with Gasteiger partial charge in [-0.15, -0.1) is 0 Å². The highest BCUT2D eigenvalue weighted by atomic mass is 16.6. The SMILES string of the molecule is COc1cccc(OC)c1Cc1[c]cccc1[N+](=O)[O-]. The van der Waals surface area contributed by atoms with Crippen LogP contribution in [-0.4, -0.2) is 19.1 Å². The number of nitrogens with zero attached hydrogens (tertiary/aromatic N) is 1. The summed E-state index contributed by atoms with van der Waals surface area (Å²) in [5.74, 6) is 1.27. The van der Waals surface area contributed by atoms with Gasteiger partial charge in [0.15, 0.2) is 0 Å². The number of nitro benzene ring substituents is 1. The van der Waals surface area contributed by atoms with Crippen molar-refractivity contribution in [2.24, 2.45) is 0 Å². The number of ether oxygens (including phenoxy) is 2. The summed E-state index contributed by atoms with van der Waals surface area (Å²) in [6.07, 6.45) is 0.324. The van der Waals surface area contributed by atoms with E-state index in [1.807, 2.05) is 6.07 Å². The minimum Gasteiger partial charge on any atom is -0.496 e. The first-order valence-corrected chi connectivity index (χ1v) is 6.01. The van der Waals surface area contributed by atoms with E-state index in [1.54, 1.807) is 38.5 Å². The van der Waals surface area contributed by atoms with Crippen molar-refractivity contribution >= 4 is 5.69 Å². The van der Waals surface area contributed by atoms with Crippen LogP contribution < -0.4 is 9.47 Å². The van der Waals surface area contributed by atoms with Gasteiger partial charge in [-0.25, -0.2) is 0 Å². The van der Waals surface area contributed by atoms with Crippen LogP contribution in [0.1, 0.15) is 11.1 Å². The molecule has 0 aliphatic carbocycles. The average Bonchev–Trinajstić information content (AvgIpc) is 2.47. The minimum absolute atomic E-state index is 0.0421. The van der Waals surface area contributed by atoms with Gasteiger partial charge in [0.2, 0.25) is 0 Å². The molecule has 0 N–H and O–H groups in total. The second-order valence-corrected chi connectivity index (χ2v) is 4.11. The van der Waals surface area contributed by atoms with Gasteiger partial charge in [-0.2, -0.15) is 0 Å². The molecule has 0 spiro atoms. The molecular weight excluding hydrogens is 258 g/mol. The molecule has 0 saturated heterocycles. The van der Waals surface area contributed by atoms with Crippen LogP contribution in [0.5, 0.6) is 11.5 Å². The lowest BCUT2D eigenvalue weighted by Crippen LogP contribution is -2.01. The molecule has 103 valence electrons. The molecule has 0 bridgehead atoms. The maximum absolute atomic E-state index is 11.0. The molecule has 2 aromatic carbocycles. The van der Waals surface area contributed by atoms with Crippen molar-refractivity contribution in [3.05, 3.63) is 63.7 Å². The highest BCUT2D eigenvalue weighted by molar-refractivity contribution is 5.50. The molecule has 5 nitrogen and oxygen atoms in total. The van der Waals surface area contributed by atoms with Gasteiger partial charge in [0.05, 0.1) is 19.1 Å². The largest absolute Gasteiger partial charge is 0.496 e. The summed E-state index contributed by atoms with van der Waals surface area (Å²) in [5.41, 5.74) is 1.31. The molecule has 2 rings (SSSR count). The first-order chi connectivity index (χ1) is 9.67. The van der Waals surface area contributed by atoms with Gasteiger partial charge in [-0.3, -0.25) is 10.1 Å². The Morgan fingerprint density at radius 3 is 2.35 bits per heavy atom. The molecular formula is C15H14NO4. The summed E-state index contributed by atoms with van der Waals surface area (Å²) in [6.45, 7) is 0. The van der Waals surface area contributed by atoms with Gasteiger partial charge < -0.3 is 9.47 Å². The number of benzene rings is 2. The Kier molecular flexibility index (Phi) is 4.20. The molecule has 0 heterocycles. The van der Waals surface area contributed by atoms with Crippen molar-refractivity contribution in [1.82, 2.24) is 0 Å². The highest BCUT2D eigenvalue weighted by Crippen LogP contribution is 2.32. The minimum atomic E-state index is -0.409. The zero-order valence-corrected chi connectivity index (χ0v) is 11.3.